The Morgan fingerprint density at radius 2 is 1.92 bits per heavy atom. The SMILES string of the molecule is CNS(=O)(=O)c1cc(NC(=O)[C@@H]2O[C@]3(C(F)(F)F)CC[C@]3(C)[C@H]2c2ccc(F)c(F)c2OC)ccn1. The first-order valence-electron chi connectivity index (χ1n) is 10.7. The summed E-state index contributed by atoms with van der Waals surface area (Å²) in [6, 6.07) is 4.08. The van der Waals surface area contributed by atoms with Crippen LogP contribution in [0.2, 0.25) is 0 Å². The predicted octanol–water partition coefficient (Wildman–Crippen LogP) is 3.50. The van der Waals surface area contributed by atoms with Crippen LogP contribution in [-0.2, 0) is 19.6 Å². The van der Waals surface area contributed by atoms with Gasteiger partial charge in [-0.25, -0.2) is 22.5 Å². The first kappa shape index (κ1) is 26.2. The molecular weight excluding hydrogens is 513 g/mol. The Kier molecular flexibility index (Phi) is 6.29. The van der Waals surface area contributed by atoms with Crippen molar-refractivity contribution < 1.29 is 44.6 Å². The van der Waals surface area contributed by atoms with Crippen LogP contribution < -0.4 is 14.8 Å². The normalized spacial score (nSPS) is 27.8. The summed E-state index contributed by atoms with van der Waals surface area (Å²) in [5.41, 5.74) is -4.64. The molecule has 1 aliphatic heterocycles. The number of nitrogens with zero attached hydrogens (tertiary/aromatic N) is 1. The molecule has 1 saturated heterocycles. The minimum absolute atomic E-state index is 0.0110. The van der Waals surface area contributed by atoms with Crippen LogP contribution in [0.15, 0.2) is 35.5 Å². The molecule has 0 bridgehead atoms. The lowest BCUT2D eigenvalue weighted by molar-refractivity contribution is -0.328. The molecule has 1 saturated carbocycles. The molecule has 2 N–H and O–H groups in total. The topological polar surface area (TPSA) is 107 Å². The van der Waals surface area contributed by atoms with E-state index in [9.17, 15) is 35.2 Å². The summed E-state index contributed by atoms with van der Waals surface area (Å²) in [6.07, 6.45) is -6.02. The summed E-state index contributed by atoms with van der Waals surface area (Å²) in [5.74, 6) is -5.71. The summed E-state index contributed by atoms with van der Waals surface area (Å²) in [6.45, 7) is 1.28. The summed E-state index contributed by atoms with van der Waals surface area (Å²) in [4.78, 5) is 17.0. The Morgan fingerprint density at radius 1 is 1.22 bits per heavy atom. The van der Waals surface area contributed by atoms with Crippen molar-refractivity contribution in [2.24, 2.45) is 5.41 Å². The lowest BCUT2D eigenvalue weighted by Crippen LogP contribution is -2.63. The average molecular weight is 535 g/mol. The van der Waals surface area contributed by atoms with E-state index in [-0.39, 0.29) is 17.7 Å². The summed E-state index contributed by atoms with van der Waals surface area (Å²) in [5, 5.41) is 1.93. The molecule has 2 aliphatic rings. The fourth-order valence-corrected chi connectivity index (χ4v) is 5.85. The number of sulfonamides is 1. The van der Waals surface area contributed by atoms with Crippen molar-refractivity contribution in [1.29, 1.82) is 0 Å². The Morgan fingerprint density at radius 3 is 2.47 bits per heavy atom. The lowest BCUT2D eigenvalue weighted by atomic mass is 9.51. The number of fused-ring (bicyclic) bond motifs is 1. The van der Waals surface area contributed by atoms with Gasteiger partial charge in [0.15, 0.2) is 22.2 Å². The monoisotopic (exact) mass is 535 g/mol. The van der Waals surface area contributed by atoms with Crippen LogP contribution in [0.25, 0.3) is 0 Å². The van der Waals surface area contributed by atoms with Crippen molar-refractivity contribution in [2.45, 2.75) is 48.6 Å². The highest BCUT2D eigenvalue weighted by atomic mass is 32.2. The third kappa shape index (κ3) is 3.73. The van der Waals surface area contributed by atoms with Gasteiger partial charge in [0.2, 0.25) is 5.82 Å². The minimum Gasteiger partial charge on any atom is -0.493 e. The maximum Gasteiger partial charge on any atom is 0.418 e. The number of hydrogen-bond acceptors (Lipinski definition) is 6. The number of alkyl halides is 3. The van der Waals surface area contributed by atoms with E-state index in [1.54, 1.807) is 0 Å². The molecular formula is C22H22F5N3O5S. The standard InChI is InChI=1S/C22H22F5N3O5S/c1-20-7-8-21(20,22(25,26)27)35-18(15(20)12-4-5-13(23)16(24)17(12)34-3)19(31)30-11-6-9-29-14(10-11)36(32,33)28-2/h4-6,9-10,15,18,28H,7-8H2,1-3H3,(H,29,30,31)/t15-,18+,20+,21+/m0/s1. The number of hydrogen-bond donors (Lipinski definition) is 2. The summed E-state index contributed by atoms with van der Waals surface area (Å²) >= 11 is 0. The molecule has 8 nitrogen and oxygen atoms in total. The number of benzene rings is 1. The Hall–Kier alpha value is -2.84. The van der Waals surface area contributed by atoms with E-state index in [4.69, 9.17) is 9.47 Å². The number of amides is 1. The second-order valence-corrected chi connectivity index (χ2v) is 10.7. The molecule has 14 heteroatoms. The van der Waals surface area contributed by atoms with E-state index < -0.39 is 74.0 Å². The number of nitrogens with one attached hydrogen (secondary N) is 2. The second-order valence-electron chi connectivity index (χ2n) is 8.82. The van der Waals surface area contributed by atoms with Gasteiger partial charge in [0.1, 0.15) is 6.10 Å². The molecule has 0 radical (unpaired) electrons. The predicted molar refractivity (Wildman–Crippen MR) is 116 cm³/mol. The van der Waals surface area contributed by atoms with Crippen LogP contribution in [0.3, 0.4) is 0 Å². The van der Waals surface area contributed by atoms with Crippen LogP contribution in [0.4, 0.5) is 27.6 Å². The van der Waals surface area contributed by atoms with Gasteiger partial charge in [-0.1, -0.05) is 13.0 Å². The van der Waals surface area contributed by atoms with E-state index >= 15 is 0 Å². The second kappa shape index (κ2) is 8.63. The Labute approximate surface area is 203 Å². The van der Waals surface area contributed by atoms with Gasteiger partial charge in [-0.2, -0.15) is 17.6 Å². The van der Waals surface area contributed by atoms with Crippen molar-refractivity contribution in [1.82, 2.24) is 9.71 Å². The van der Waals surface area contributed by atoms with E-state index in [2.05, 4.69) is 15.0 Å². The molecule has 2 fully saturated rings. The van der Waals surface area contributed by atoms with Crippen LogP contribution >= 0.6 is 0 Å². The Bertz CT molecular complexity index is 1320. The van der Waals surface area contributed by atoms with Crippen molar-refractivity contribution in [3.63, 3.8) is 0 Å². The van der Waals surface area contributed by atoms with Crippen LogP contribution in [0, 0.1) is 17.0 Å². The fourth-order valence-electron chi connectivity index (χ4n) is 5.16. The average Bonchev–Trinajstić information content (AvgIpc) is 2.99. The third-order valence-corrected chi connectivity index (χ3v) is 8.43. The molecule has 4 atom stereocenters. The fraction of sp³-hybridized carbons (Fsp3) is 0.455. The number of carbonyl (C=O) groups is 1. The van der Waals surface area contributed by atoms with Crippen molar-refractivity contribution in [3.8, 4) is 5.75 Å². The molecule has 1 aromatic heterocycles. The van der Waals surface area contributed by atoms with Gasteiger partial charge in [-0.15, -0.1) is 0 Å². The third-order valence-electron chi connectivity index (χ3n) is 7.12. The van der Waals surface area contributed by atoms with Crippen molar-refractivity contribution in [3.05, 3.63) is 47.7 Å². The van der Waals surface area contributed by atoms with E-state index in [0.717, 1.165) is 38.6 Å². The van der Waals surface area contributed by atoms with E-state index in [1.807, 2.05) is 0 Å². The van der Waals surface area contributed by atoms with Crippen molar-refractivity contribution >= 4 is 21.6 Å². The number of methoxy groups -OCH3 is 1. The number of pyridine rings is 1. The molecule has 0 spiro atoms. The first-order valence-corrected chi connectivity index (χ1v) is 12.2. The molecule has 1 aliphatic carbocycles. The molecule has 4 rings (SSSR count). The molecule has 1 amide bonds. The number of halogens is 5. The zero-order valence-corrected chi connectivity index (χ0v) is 20.1. The maximum atomic E-state index is 14.5. The number of aromatic nitrogens is 1. The smallest absolute Gasteiger partial charge is 0.418 e. The quantitative estimate of drug-likeness (QED) is 0.549. The highest BCUT2D eigenvalue weighted by molar-refractivity contribution is 7.89. The summed E-state index contributed by atoms with van der Waals surface area (Å²) in [7, 11) is -1.79. The van der Waals surface area contributed by atoms with Gasteiger partial charge in [0, 0.05) is 34.8 Å². The highest BCUT2D eigenvalue weighted by Gasteiger charge is 2.80. The molecule has 1 aromatic carbocycles. The summed E-state index contributed by atoms with van der Waals surface area (Å²) < 4.78 is 108. The van der Waals surface area contributed by atoms with Crippen molar-refractivity contribution in [2.75, 3.05) is 19.5 Å². The minimum atomic E-state index is -4.87. The number of anilines is 1. The number of rotatable bonds is 6. The van der Waals surface area contributed by atoms with Gasteiger partial charge in [0.25, 0.3) is 15.9 Å². The number of carbonyl (C=O) groups excluding carboxylic acids is 1. The van der Waals surface area contributed by atoms with Crippen LogP contribution in [-0.4, -0.2) is 51.3 Å². The molecule has 36 heavy (non-hydrogen) atoms. The van der Waals surface area contributed by atoms with Gasteiger partial charge >= 0.3 is 6.18 Å². The van der Waals surface area contributed by atoms with E-state index in [0.29, 0.717) is 0 Å². The van der Waals surface area contributed by atoms with Gasteiger partial charge < -0.3 is 14.8 Å². The van der Waals surface area contributed by atoms with Crippen LogP contribution in [0.1, 0.15) is 31.2 Å². The van der Waals surface area contributed by atoms with Crippen LogP contribution in [0.5, 0.6) is 5.75 Å². The maximum absolute atomic E-state index is 14.5. The molecule has 196 valence electrons. The Balaban J connectivity index is 1.80. The number of ether oxygens (including phenoxy) is 2. The molecule has 0 unspecified atom stereocenters. The largest absolute Gasteiger partial charge is 0.493 e. The zero-order chi connectivity index (χ0) is 26.7. The van der Waals surface area contributed by atoms with Gasteiger partial charge in [0.05, 0.1) is 7.11 Å². The zero-order valence-electron chi connectivity index (χ0n) is 19.2. The van der Waals surface area contributed by atoms with Gasteiger partial charge in [-0.3, -0.25) is 4.79 Å². The van der Waals surface area contributed by atoms with E-state index in [1.165, 1.54) is 13.0 Å². The first-order chi connectivity index (χ1) is 16.7. The lowest BCUT2D eigenvalue weighted by Gasteiger charge is -2.54. The molecule has 2 heterocycles. The highest BCUT2D eigenvalue weighted by Crippen LogP contribution is 2.71. The molecule has 2 aromatic rings. The van der Waals surface area contributed by atoms with Gasteiger partial charge in [-0.05, 0) is 32.0 Å².